The number of anilines is 1. The minimum absolute atomic E-state index is 0.213. The van der Waals surface area contributed by atoms with Gasteiger partial charge in [-0.1, -0.05) is 30.2 Å². The molecule has 0 saturated heterocycles. The maximum absolute atomic E-state index is 11.0. The van der Waals surface area contributed by atoms with Crippen LogP contribution >= 0.6 is 11.6 Å². The number of hydrogen-bond donors (Lipinski definition) is 2. The second-order valence-corrected chi connectivity index (χ2v) is 4.93. The van der Waals surface area contributed by atoms with Crippen molar-refractivity contribution in [3.63, 3.8) is 0 Å². The lowest BCUT2D eigenvalue weighted by Gasteiger charge is -2.28. The predicted molar refractivity (Wildman–Crippen MR) is 68.5 cm³/mol. The van der Waals surface area contributed by atoms with E-state index in [1.807, 2.05) is 24.3 Å². The Morgan fingerprint density at radius 1 is 1.35 bits per heavy atom. The molecule has 0 radical (unpaired) electrons. The number of nitrogens with one attached hydrogen (secondary N) is 1. The van der Waals surface area contributed by atoms with Gasteiger partial charge in [0.05, 0.1) is 16.6 Å². The van der Waals surface area contributed by atoms with E-state index in [1.165, 1.54) is 0 Å². The van der Waals surface area contributed by atoms with Crippen LogP contribution < -0.4 is 5.32 Å². The number of para-hydroxylation sites is 1. The molecule has 2 N–H and O–H groups in total. The number of carboxylic acid groups (broad SMARTS) is 1. The Hall–Kier alpha value is -1.22. The zero-order valence-electron chi connectivity index (χ0n) is 9.53. The molecule has 0 heterocycles. The van der Waals surface area contributed by atoms with Gasteiger partial charge in [0, 0.05) is 6.04 Å². The average molecular weight is 254 g/mol. The van der Waals surface area contributed by atoms with Crippen LogP contribution in [0.25, 0.3) is 0 Å². The number of aliphatic carboxylic acids is 1. The number of carbonyl (C=O) groups is 1. The molecule has 17 heavy (non-hydrogen) atoms. The highest BCUT2D eigenvalue weighted by Crippen LogP contribution is 2.29. The van der Waals surface area contributed by atoms with Crippen molar-refractivity contribution in [3.8, 4) is 0 Å². The minimum atomic E-state index is -0.685. The fourth-order valence-corrected chi connectivity index (χ4v) is 2.53. The Bertz CT molecular complexity index is 408. The summed E-state index contributed by atoms with van der Waals surface area (Å²) in [5.74, 6) is -0.903. The van der Waals surface area contributed by atoms with Gasteiger partial charge in [-0.25, -0.2) is 0 Å². The smallest absolute Gasteiger partial charge is 0.306 e. The molecule has 2 unspecified atom stereocenters. The molecule has 4 heteroatoms. The zero-order chi connectivity index (χ0) is 12.3. The highest BCUT2D eigenvalue weighted by Gasteiger charge is 2.26. The van der Waals surface area contributed by atoms with Crippen molar-refractivity contribution in [1.29, 1.82) is 0 Å². The lowest BCUT2D eigenvalue weighted by molar-refractivity contribution is -0.142. The summed E-state index contributed by atoms with van der Waals surface area (Å²) in [5, 5.41) is 13.0. The molecular weight excluding hydrogens is 238 g/mol. The fourth-order valence-electron chi connectivity index (χ4n) is 2.34. The van der Waals surface area contributed by atoms with Crippen LogP contribution in [0.4, 0.5) is 5.69 Å². The van der Waals surface area contributed by atoms with Crippen LogP contribution in [0.15, 0.2) is 24.3 Å². The molecule has 0 aliphatic heterocycles. The molecule has 1 aliphatic rings. The third-order valence-corrected chi connectivity index (χ3v) is 3.59. The van der Waals surface area contributed by atoms with Crippen LogP contribution in [-0.4, -0.2) is 17.1 Å². The third-order valence-electron chi connectivity index (χ3n) is 3.26. The average Bonchev–Trinajstić information content (AvgIpc) is 2.32. The molecule has 1 aromatic rings. The molecule has 1 fully saturated rings. The van der Waals surface area contributed by atoms with Crippen LogP contribution in [0, 0.1) is 5.92 Å². The molecule has 1 aliphatic carbocycles. The van der Waals surface area contributed by atoms with Gasteiger partial charge >= 0.3 is 5.97 Å². The molecule has 0 spiro atoms. The summed E-state index contributed by atoms with van der Waals surface area (Å²) in [5.41, 5.74) is 0.894. The standard InChI is InChI=1S/C13H16ClNO2/c14-11-6-1-2-7-12(11)15-10-5-3-4-9(8-10)13(16)17/h1-2,6-7,9-10,15H,3-5,8H2,(H,16,17). The zero-order valence-corrected chi connectivity index (χ0v) is 10.3. The van der Waals surface area contributed by atoms with Gasteiger partial charge in [0.25, 0.3) is 0 Å². The van der Waals surface area contributed by atoms with E-state index in [1.54, 1.807) is 0 Å². The molecule has 2 atom stereocenters. The van der Waals surface area contributed by atoms with Crippen molar-refractivity contribution in [2.45, 2.75) is 31.7 Å². The van der Waals surface area contributed by atoms with E-state index in [0.717, 1.165) is 24.9 Å². The molecule has 3 nitrogen and oxygen atoms in total. The normalized spacial score (nSPS) is 24.3. The van der Waals surface area contributed by atoms with Crippen LogP contribution in [0.5, 0.6) is 0 Å². The minimum Gasteiger partial charge on any atom is -0.481 e. The second-order valence-electron chi connectivity index (χ2n) is 4.52. The first kappa shape index (κ1) is 12.2. The molecule has 1 saturated carbocycles. The van der Waals surface area contributed by atoms with Crippen LogP contribution in [0.2, 0.25) is 5.02 Å². The Morgan fingerprint density at radius 3 is 2.82 bits per heavy atom. The quantitative estimate of drug-likeness (QED) is 0.868. The molecule has 92 valence electrons. The van der Waals surface area contributed by atoms with E-state index in [2.05, 4.69) is 5.32 Å². The maximum Gasteiger partial charge on any atom is 0.306 e. The molecule has 1 aromatic carbocycles. The highest BCUT2D eigenvalue weighted by atomic mass is 35.5. The van der Waals surface area contributed by atoms with Crippen molar-refractivity contribution in [2.75, 3.05) is 5.32 Å². The number of carboxylic acids is 1. The lowest BCUT2D eigenvalue weighted by atomic mass is 9.85. The molecule has 0 bridgehead atoms. The molecule has 2 rings (SSSR count). The Labute approximate surface area is 106 Å². The van der Waals surface area contributed by atoms with Gasteiger partial charge in [0.2, 0.25) is 0 Å². The van der Waals surface area contributed by atoms with Gasteiger partial charge in [-0.3, -0.25) is 4.79 Å². The van der Waals surface area contributed by atoms with Crippen molar-refractivity contribution in [3.05, 3.63) is 29.3 Å². The summed E-state index contributed by atoms with van der Waals surface area (Å²) in [4.78, 5) is 11.0. The second kappa shape index (κ2) is 5.41. The van der Waals surface area contributed by atoms with Crippen LogP contribution in [-0.2, 0) is 4.79 Å². The Morgan fingerprint density at radius 2 is 2.12 bits per heavy atom. The van der Waals surface area contributed by atoms with Gasteiger partial charge < -0.3 is 10.4 Å². The summed E-state index contributed by atoms with van der Waals surface area (Å²) >= 11 is 6.06. The van der Waals surface area contributed by atoms with E-state index in [0.29, 0.717) is 11.4 Å². The number of rotatable bonds is 3. The Balaban J connectivity index is 1.99. The maximum atomic E-state index is 11.0. The van der Waals surface area contributed by atoms with Gasteiger partial charge in [-0.05, 0) is 31.4 Å². The number of benzene rings is 1. The molecule has 0 amide bonds. The van der Waals surface area contributed by atoms with Crippen molar-refractivity contribution >= 4 is 23.3 Å². The first-order valence-corrected chi connectivity index (χ1v) is 6.28. The lowest BCUT2D eigenvalue weighted by Crippen LogP contribution is -2.31. The summed E-state index contributed by atoms with van der Waals surface area (Å²) in [6, 6.07) is 7.78. The molecular formula is C13H16ClNO2. The summed E-state index contributed by atoms with van der Waals surface area (Å²) < 4.78 is 0. The number of halogens is 1. The predicted octanol–water partition coefficient (Wildman–Crippen LogP) is 3.40. The van der Waals surface area contributed by atoms with Crippen molar-refractivity contribution in [2.24, 2.45) is 5.92 Å². The topological polar surface area (TPSA) is 49.3 Å². The SMILES string of the molecule is O=C(O)C1CCCC(Nc2ccccc2Cl)C1. The van der Waals surface area contributed by atoms with E-state index in [9.17, 15) is 4.79 Å². The summed E-state index contributed by atoms with van der Waals surface area (Å²) in [7, 11) is 0. The van der Waals surface area contributed by atoms with E-state index >= 15 is 0 Å². The highest BCUT2D eigenvalue weighted by molar-refractivity contribution is 6.33. The van der Waals surface area contributed by atoms with Crippen LogP contribution in [0.1, 0.15) is 25.7 Å². The number of hydrogen-bond acceptors (Lipinski definition) is 2. The fraction of sp³-hybridized carbons (Fsp3) is 0.462. The van der Waals surface area contributed by atoms with Crippen molar-refractivity contribution in [1.82, 2.24) is 0 Å². The third kappa shape index (κ3) is 3.13. The van der Waals surface area contributed by atoms with E-state index in [-0.39, 0.29) is 12.0 Å². The largest absolute Gasteiger partial charge is 0.481 e. The first-order valence-electron chi connectivity index (χ1n) is 5.90. The first-order chi connectivity index (χ1) is 8.16. The van der Waals surface area contributed by atoms with Gasteiger partial charge in [-0.15, -0.1) is 0 Å². The summed E-state index contributed by atoms with van der Waals surface area (Å²) in [6.07, 6.45) is 3.44. The Kier molecular flexibility index (Phi) is 3.89. The van der Waals surface area contributed by atoms with Gasteiger partial charge in [0.1, 0.15) is 0 Å². The van der Waals surface area contributed by atoms with Gasteiger partial charge in [-0.2, -0.15) is 0 Å². The van der Waals surface area contributed by atoms with Crippen LogP contribution in [0.3, 0.4) is 0 Å². The van der Waals surface area contributed by atoms with E-state index < -0.39 is 5.97 Å². The van der Waals surface area contributed by atoms with Gasteiger partial charge in [0.15, 0.2) is 0 Å². The molecule has 0 aromatic heterocycles. The summed E-state index contributed by atoms with van der Waals surface area (Å²) in [6.45, 7) is 0. The van der Waals surface area contributed by atoms with E-state index in [4.69, 9.17) is 16.7 Å². The monoisotopic (exact) mass is 253 g/mol. The van der Waals surface area contributed by atoms with Crippen molar-refractivity contribution < 1.29 is 9.90 Å².